The number of benzene rings is 3. The summed E-state index contributed by atoms with van der Waals surface area (Å²) in [7, 11) is 2.96. The Balaban J connectivity index is 1.37. The Kier molecular flexibility index (Phi) is 11.2. The van der Waals surface area contributed by atoms with E-state index in [1.165, 1.54) is 37.3 Å². The van der Waals surface area contributed by atoms with Crippen molar-refractivity contribution in [2.75, 3.05) is 38.8 Å². The number of para-hydroxylation sites is 1. The molecular weight excluding hydrogens is 700 g/mol. The van der Waals surface area contributed by atoms with Crippen molar-refractivity contribution in [2.45, 2.75) is 43.7 Å². The van der Waals surface area contributed by atoms with Crippen LogP contribution < -0.4 is 24.2 Å². The van der Waals surface area contributed by atoms with E-state index in [4.69, 9.17) is 37.4 Å². The van der Waals surface area contributed by atoms with Crippen LogP contribution in [0.5, 0.6) is 11.5 Å². The van der Waals surface area contributed by atoms with Crippen LogP contribution in [0.3, 0.4) is 0 Å². The smallest absolute Gasteiger partial charge is 0.415 e. The van der Waals surface area contributed by atoms with E-state index in [1.807, 2.05) is 0 Å². The Morgan fingerprint density at radius 1 is 0.961 bits per heavy atom. The van der Waals surface area contributed by atoms with Gasteiger partial charge in [-0.05, 0) is 79.2 Å². The van der Waals surface area contributed by atoms with Gasteiger partial charge in [-0.1, -0.05) is 65.7 Å². The zero-order valence-corrected chi connectivity index (χ0v) is 29.6. The summed E-state index contributed by atoms with van der Waals surface area (Å²) in [5.41, 5.74) is 1.84. The molecule has 0 saturated carbocycles. The van der Waals surface area contributed by atoms with Gasteiger partial charge in [0.1, 0.15) is 22.0 Å². The monoisotopic (exact) mass is 736 g/mol. The molecule has 4 aromatic rings. The van der Waals surface area contributed by atoms with Gasteiger partial charge in [0.25, 0.3) is 0 Å². The molecule has 0 N–H and O–H groups in total. The van der Waals surface area contributed by atoms with Crippen LogP contribution in [0.2, 0.25) is 10.0 Å². The highest BCUT2D eigenvalue weighted by molar-refractivity contribution is 6.35. The maximum atomic E-state index is 15.2. The molecular formula is C38H37Cl2FN3O7-. The Labute approximate surface area is 305 Å². The van der Waals surface area contributed by atoms with Crippen LogP contribution in [0, 0.1) is 16.9 Å². The van der Waals surface area contributed by atoms with Crippen molar-refractivity contribution in [3.63, 3.8) is 0 Å². The van der Waals surface area contributed by atoms with E-state index < -0.39 is 29.7 Å². The fourth-order valence-electron chi connectivity index (χ4n) is 7.21. The first kappa shape index (κ1) is 36.2. The van der Waals surface area contributed by atoms with Crippen LogP contribution in [0.15, 0.2) is 79.1 Å². The maximum Gasteiger partial charge on any atom is 0.415 e. The number of aliphatic carboxylic acids is 1. The lowest BCUT2D eigenvalue weighted by Crippen LogP contribution is -2.53. The Morgan fingerprint density at radius 2 is 1.67 bits per heavy atom. The van der Waals surface area contributed by atoms with Gasteiger partial charge in [0.05, 0.1) is 26.5 Å². The maximum absolute atomic E-state index is 15.2. The number of amides is 1. The highest BCUT2D eigenvalue weighted by atomic mass is 35.5. The SMILES string of the molecule is COc1ccc([C@@H](Cc2c(Cl)c[n+]([O-])cc2Cl)C(C(=O)[O-])c2cccc(CN(C(=O)O[C@H]3CN4CCC3CC4)c3ccccc3F)c2)cc1OC. The van der Waals surface area contributed by atoms with Crippen molar-refractivity contribution in [2.24, 2.45) is 5.92 Å². The average molecular weight is 738 g/mol. The normalized spacial score (nSPS) is 19.2. The van der Waals surface area contributed by atoms with E-state index >= 15 is 4.39 Å². The van der Waals surface area contributed by atoms with Gasteiger partial charge < -0.3 is 29.3 Å². The van der Waals surface area contributed by atoms with E-state index in [-0.39, 0.29) is 40.7 Å². The van der Waals surface area contributed by atoms with Crippen LogP contribution in [0.4, 0.5) is 14.9 Å². The molecule has 3 aliphatic rings. The Hall–Kier alpha value is -4.58. The molecule has 13 heteroatoms. The molecule has 3 saturated heterocycles. The minimum atomic E-state index is -1.39. The molecule has 1 amide bonds. The summed E-state index contributed by atoms with van der Waals surface area (Å²) in [6.45, 7) is 2.46. The van der Waals surface area contributed by atoms with Gasteiger partial charge in [0.15, 0.2) is 23.9 Å². The van der Waals surface area contributed by atoms with Crippen molar-refractivity contribution in [3.05, 3.63) is 122 Å². The summed E-state index contributed by atoms with van der Waals surface area (Å²) in [5, 5.41) is 25.3. The third kappa shape index (κ3) is 8.01. The van der Waals surface area contributed by atoms with Crippen LogP contribution in [0.25, 0.3) is 0 Å². The molecule has 3 atom stereocenters. The first-order chi connectivity index (χ1) is 24.6. The van der Waals surface area contributed by atoms with E-state index in [2.05, 4.69) is 4.90 Å². The summed E-state index contributed by atoms with van der Waals surface area (Å²) in [6.07, 6.45) is 3.17. The minimum absolute atomic E-state index is 0.00408. The second-order valence-corrected chi connectivity index (χ2v) is 13.7. The number of carboxylic acid groups (broad SMARTS) is 1. The molecule has 0 spiro atoms. The molecule has 0 aliphatic carbocycles. The van der Waals surface area contributed by atoms with Gasteiger partial charge in [-0.15, -0.1) is 0 Å². The number of aromatic nitrogens is 1. The molecule has 10 nitrogen and oxygen atoms in total. The van der Waals surface area contributed by atoms with Gasteiger partial charge in [-0.3, -0.25) is 9.80 Å². The molecule has 1 aromatic heterocycles. The molecule has 268 valence electrons. The van der Waals surface area contributed by atoms with Gasteiger partial charge in [-0.2, -0.15) is 4.73 Å². The van der Waals surface area contributed by atoms with Crippen molar-refractivity contribution in [1.82, 2.24) is 4.90 Å². The first-order valence-electron chi connectivity index (χ1n) is 16.6. The van der Waals surface area contributed by atoms with Gasteiger partial charge in [-0.25, -0.2) is 9.18 Å². The second-order valence-electron chi connectivity index (χ2n) is 12.9. The standard InChI is InChI=1S/C38H38Cl2FN3O7/c1-49-33-11-10-25(17-34(33)50-2)27(18-28-29(39)20-43(48)21-30(28)40)36(37(45)46)26-7-5-6-23(16-26)19-44(32-9-4-3-8-31(32)41)38(47)51-35-22-42-14-12-24(35)13-15-42/h3-11,16-17,20-21,24,27,35-36H,12-15,18-19,22H2,1-2H3,(H,45,46)/p-1/t27-,35+,36?/m1/s1. The third-order valence-corrected chi connectivity index (χ3v) is 10.5. The summed E-state index contributed by atoms with van der Waals surface area (Å²) >= 11 is 13.0. The topological polar surface area (TPSA) is 118 Å². The number of fused-ring (bicyclic) bond motifs is 3. The Bertz CT molecular complexity index is 1880. The molecule has 2 bridgehead atoms. The summed E-state index contributed by atoms with van der Waals surface area (Å²) in [5.74, 6) is -3.06. The zero-order chi connectivity index (χ0) is 36.2. The lowest BCUT2D eigenvalue weighted by molar-refractivity contribution is -0.605. The van der Waals surface area contributed by atoms with E-state index in [0.717, 1.165) is 38.3 Å². The van der Waals surface area contributed by atoms with Gasteiger partial charge in [0.2, 0.25) is 0 Å². The van der Waals surface area contributed by atoms with E-state index in [1.54, 1.807) is 48.5 Å². The molecule has 51 heavy (non-hydrogen) atoms. The number of hydrogen-bond acceptors (Lipinski definition) is 8. The molecule has 0 radical (unpaired) electrons. The van der Waals surface area contributed by atoms with E-state index in [0.29, 0.717) is 45.0 Å². The van der Waals surface area contributed by atoms with Gasteiger partial charge >= 0.3 is 6.09 Å². The average Bonchev–Trinajstić information content (AvgIpc) is 3.12. The van der Waals surface area contributed by atoms with Crippen molar-refractivity contribution >= 4 is 41.0 Å². The number of methoxy groups -OCH3 is 2. The van der Waals surface area contributed by atoms with Crippen molar-refractivity contribution in [3.8, 4) is 11.5 Å². The minimum Gasteiger partial charge on any atom is -0.619 e. The predicted octanol–water partition coefficient (Wildman–Crippen LogP) is 5.88. The Morgan fingerprint density at radius 3 is 2.29 bits per heavy atom. The highest BCUT2D eigenvalue weighted by Gasteiger charge is 2.38. The summed E-state index contributed by atoms with van der Waals surface area (Å²) < 4.78 is 32.7. The number of anilines is 1. The van der Waals surface area contributed by atoms with Gasteiger partial charge in [0, 0.05) is 29.9 Å². The number of carbonyl (C=O) groups excluding carboxylic acids is 2. The molecule has 3 aliphatic heterocycles. The number of pyridine rings is 1. The lowest BCUT2D eigenvalue weighted by atomic mass is 9.77. The fourth-order valence-corrected chi connectivity index (χ4v) is 7.81. The van der Waals surface area contributed by atoms with Crippen molar-refractivity contribution in [1.29, 1.82) is 0 Å². The number of halogens is 3. The molecule has 4 heterocycles. The quantitative estimate of drug-likeness (QED) is 0.131. The van der Waals surface area contributed by atoms with Crippen molar-refractivity contribution < 1.29 is 38.0 Å². The first-order valence-corrected chi connectivity index (χ1v) is 17.3. The predicted molar refractivity (Wildman–Crippen MR) is 188 cm³/mol. The zero-order valence-electron chi connectivity index (χ0n) is 28.1. The molecule has 3 aromatic carbocycles. The summed E-state index contributed by atoms with van der Waals surface area (Å²) in [6, 6.07) is 17.7. The fraction of sp³-hybridized carbons (Fsp3) is 0.342. The molecule has 1 unspecified atom stereocenters. The number of hydrogen-bond donors (Lipinski definition) is 0. The van der Waals surface area contributed by atoms with Crippen LogP contribution in [-0.2, 0) is 22.5 Å². The van der Waals surface area contributed by atoms with E-state index in [9.17, 15) is 19.9 Å². The summed E-state index contributed by atoms with van der Waals surface area (Å²) in [4.78, 5) is 30.5. The second kappa shape index (κ2) is 15.8. The number of carboxylic acids is 1. The largest absolute Gasteiger partial charge is 0.619 e. The van der Waals surface area contributed by atoms with Crippen LogP contribution >= 0.6 is 23.2 Å². The number of nitrogens with zero attached hydrogens (tertiary/aromatic N) is 3. The third-order valence-electron chi connectivity index (χ3n) is 9.84. The van der Waals surface area contributed by atoms with Crippen LogP contribution in [0.1, 0.15) is 46.9 Å². The lowest BCUT2D eigenvalue weighted by Gasteiger charge is -2.44. The number of ether oxygens (including phenoxy) is 3. The van der Waals surface area contributed by atoms with Crippen LogP contribution in [-0.4, -0.2) is 56.9 Å². The molecule has 7 rings (SSSR count). The molecule has 3 fully saturated rings. The number of carbonyl (C=O) groups is 2. The number of piperidine rings is 3. The number of rotatable bonds is 12. The highest BCUT2D eigenvalue weighted by Crippen LogP contribution is 2.42.